The fraction of sp³-hybridized carbons (Fsp3) is 0.0588. The van der Waals surface area contributed by atoms with E-state index in [2.05, 4.69) is 15.3 Å². The van der Waals surface area contributed by atoms with Crippen molar-refractivity contribution in [2.75, 3.05) is 12.4 Å². The van der Waals surface area contributed by atoms with Crippen LogP contribution in [0.25, 0.3) is 0 Å². The molecule has 1 aromatic heterocycles. The van der Waals surface area contributed by atoms with Crippen LogP contribution in [0.2, 0.25) is 0 Å². The molecule has 26 heavy (non-hydrogen) atoms. The highest BCUT2D eigenvalue weighted by molar-refractivity contribution is 5.68. The third-order valence-corrected chi connectivity index (χ3v) is 3.35. The molecule has 3 aromatic rings. The molecule has 0 unspecified atom stereocenters. The number of methoxy groups -OCH3 is 1. The van der Waals surface area contributed by atoms with Crippen LogP contribution in [0.1, 0.15) is 0 Å². The number of anilines is 2. The molecule has 0 radical (unpaired) electrons. The van der Waals surface area contributed by atoms with Gasteiger partial charge in [0.2, 0.25) is 5.82 Å². The second-order valence-electron chi connectivity index (χ2n) is 5.04. The number of halogens is 1. The van der Waals surface area contributed by atoms with Crippen LogP contribution in [0, 0.1) is 15.9 Å². The van der Waals surface area contributed by atoms with E-state index in [4.69, 9.17) is 9.47 Å². The Balaban J connectivity index is 1.92. The van der Waals surface area contributed by atoms with Crippen LogP contribution in [0.5, 0.6) is 17.4 Å². The third kappa shape index (κ3) is 3.83. The van der Waals surface area contributed by atoms with Gasteiger partial charge in [0.05, 0.1) is 12.0 Å². The highest BCUT2D eigenvalue weighted by atomic mass is 19.1. The third-order valence-electron chi connectivity index (χ3n) is 3.35. The SMILES string of the molecule is COc1ccc(Oc2ncnc(Nc3ccc(F)cc3)c2[N+](=O)[O-])cc1. The van der Waals surface area contributed by atoms with Crippen molar-refractivity contribution in [1.29, 1.82) is 0 Å². The zero-order valence-corrected chi connectivity index (χ0v) is 13.5. The van der Waals surface area contributed by atoms with Gasteiger partial charge in [0.15, 0.2) is 0 Å². The van der Waals surface area contributed by atoms with E-state index in [0.717, 1.165) is 6.33 Å². The molecule has 3 rings (SSSR count). The van der Waals surface area contributed by atoms with E-state index >= 15 is 0 Å². The Morgan fingerprint density at radius 2 is 1.69 bits per heavy atom. The van der Waals surface area contributed by atoms with Crippen molar-refractivity contribution in [1.82, 2.24) is 9.97 Å². The fourth-order valence-corrected chi connectivity index (χ4v) is 2.12. The van der Waals surface area contributed by atoms with Crippen molar-refractivity contribution in [3.63, 3.8) is 0 Å². The van der Waals surface area contributed by atoms with Gasteiger partial charge in [0.25, 0.3) is 0 Å². The monoisotopic (exact) mass is 356 g/mol. The minimum Gasteiger partial charge on any atom is -0.497 e. The molecule has 0 saturated carbocycles. The van der Waals surface area contributed by atoms with Crippen LogP contribution >= 0.6 is 0 Å². The number of rotatable bonds is 6. The quantitative estimate of drug-likeness (QED) is 0.525. The molecule has 0 aliphatic rings. The molecule has 0 spiro atoms. The summed E-state index contributed by atoms with van der Waals surface area (Å²) in [5, 5.41) is 14.3. The lowest BCUT2D eigenvalue weighted by molar-refractivity contribution is -0.385. The maximum Gasteiger partial charge on any atom is 0.373 e. The van der Waals surface area contributed by atoms with Gasteiger partial charge in [-0.15, -0.1) is 0 Å². The van der Waals surface area contributed by atoms with Crippen molar-refractivity contribution < 1.29 is 18.8 Å². The van der Waals surface area contributed by atoms with Gasteiger partial charge in [-0.2, -0.15) is 4.98 Å². The van der Waals surface area contributed by atoms with Gasteiger partial charge in [-0.3, -0.25) is 10.1 Å². The number of hydrogen-bond acceptors (Lipinski definition) is 7. The van der Waals surface area contributed by atoms with E-state index in [0.29, 0.717) is 17.2 Å². The lowest BCUT2D eigenvalue weighted by Gasteiger charge is -2.09. The number of nitrogens with zero attached hydrogens (tertiary/aromatic N) is 3. The molecule has 1 heterocycles. The summed E-state index contributed by atoms with van der Waals surface area (Å²) >= 11 is 0. The molecular formula is C17H13FN4O4. The predicted molar refractivity (Wildman–Crippen MR) is 91.4 cm³/mol. The molecule has 1 N–H and O–H groups in total. The van der Waals surface area contributed by atoms with Gasteiger partial charge in [-0.1, -0.05) is 0 Å². The Morgan fingerprint density at radius 1 is 1.04 bits per heavy atom. The molecule has 9 heteroatoms. The Morgan fingerprint density at radius 3 is 2.31 bits per heavy atom. The first kappa shape index (κ1) is 17.1. The summed E-state index contributed by atoms with van der Waals surface area (Å²) in [5.41, 5.74) is -0.00348. The normalized spacial score (nSPS) is 10.2. The van der Waals surface area contributed by atoms with E-state index in [1.165, 1.54) is 31.4 Å². The van der Waals surface area contributed by atoms with Crippen molar-refractivity contribution in [2.24, 2.45) is 0 Å². The molecule has 0 saturated heterocycles. The van der Waals surface area contributed by atoms with E-state index in [1.807, 2.05) is 0 Å². The van der Waals surface area contributed by atoms with Crippen LogP contribution < -0.4 is 14.8 Å². The molecule has 8 nitrogen and oxygen atoms in total. The molecule has 0 amide bonds. The van der Waals surface area contributed by atoms with Crippen LogP contribution in [-0.4, -0.2) is 22.0 Å². The van der Waals surface area contributed by atoms with E-state index in [-0.39, 0.29) is 11.7 Å². The van der Waals surface area contributed by atoms with Gasteiger partial charge >= 0.3 is 11.6 Å². The van der Waals surface area contributed by atoms with Crippen LogP contribution in [-0.2, 0) is 0 Å². The molecule has 0 fully saturated rings. The average molecular weight is 356 g/mol. The molecule has 2 aromatic carbocycles. The van der Waals surface area contributed by atoms with E-state index in [1.54, 1.807) is 24.3 Å². The first-order valence-electron chi connectivity index (χ1n) is 7.40. The number of aromatic nitrogens is 2. The number of ether oxygens (including phenoxy) is 2. The Kier molecular flexibility index (Phi) is 4.88. The van der Waals surface area contributed by atoms with E-state index < -0.39 is 16.4 Å². The lowest BCUT2D eigenvalue weighted by atomic mass is 10.3. The summed E-state index contributed by atoms with van der Waals surface area (Å²) in [4.78, 5) is 18.6. The number of nitro groups is 1. The van der Waals surface area contributed by atoms with Crippen LogP contribution in [0.4, 0.5) is 21.6 Å². The number of benzene rings is 2. The number of nitrogens with one attached hydrogen (secondary N) is 1. The molecule has 0 aliphatic carbocycles. The van der Waals surface area contributed by atoms with Crippen LogP contribution in [0.3, 0.4) is 0 Å². The van der Waals surface area contributed by atoms with Crippen LogP contribution in [0.15, 0.2) is 54.9 Å². The second-order valence-corrected chi connectivity index (χ2v) is 5.04. The van der Waals surface area contributed by atoms with Gasteiger partial charge < -0.3 is 14.8 Å². The summed E-state index contributed by atoms with van der Waals surface area (Å²) in [7, 11) is 1.53. The highest BCUT2D eigenvalue weighted by Gasteiger charge is 2.25. The molecule has 132 valence electrons. The zero-order valence-electron chi connectivity index (χ0n) is 13.5. The Hall–Kier alpha value is -3.75. The average Bonchev–Trinajstić information content (AvgIpc) is 2.64. The van der Waals surface area contributed by atoms with Crippen molar-refractivity contribution >= 4 is 17.2 Å². The molecule has 0 aliphatic heterocycles. The maximum absolute atomic E-state index is 13.0. The summed E-state index contributed by atoms with van der Waals surface area (Å²) in [6.45, 7) is 0. The van der Waals surface area contributed by atoms with Gasteiger partial charge in [-0.25, -0.2) is 9.37 Å². The lowest BCUT2D eigenvalue weighted by Crippen LogP contribution is -2.03. The minimum absolute atomic E-state index is 0.0693. The highest BCUT2D eigenvalue weighted by Crippen LogP contribution is 2.35. The van der Waals surface area contributed by atoms with Crippen molar-refractivity contribution in [3.8, 4) is 17.4 Å². The summed E-state index contributed by atoms with van der Waals surface area (Å²) in [6.07, 6.45) is 1.14. The first-order chi connectivity index (χ1) is 12.6. The number of hydrogen-bond donors (Lipinski definition) is 1. The zero-order chi connectivity index (χ0) is 18.5. The Labute approximate surface area is 147 Å². The van der Waals surface area contributed by atoms with Gasteiger partial charge in [-0.05, 0) is 48.5 Å². The van der Waals surface area contributed by atoms with Crippen molar-refractivity contribution in [2.45, 2.75) is 0 Å². The first-order valence-corrected chi connectivity index (χ1v) is 7.40. The van der Waals surface area contributed by atoms with Crippen molar-refractivity contribution in [3.05, 3.63) is 70.8 Å². The molecule has 0 bridgehead atoms. The molecule has 0 atom stereocenters. The standard InChI is InChI=1S/C17H13FN4O4/c1-25-13-6-8-14(9-7-13)26-17-15(22(23)24)16(19-10-20-17)21-12-4-2-11(18)3-5-12/h2-10H,1H3,(H,19,20,21). The second kappa shape index (κ2) is 7.43. The maximum atomic E-state index is 13.0. The molecular weight excluding hydrogens is 343 g/mol. The summed E-state index contributed by atoms with van der Waals surface area (Å²) in [5.74, 6) is 0.254. The Bertz CT molecular complexity index is 917. The fourth-order valence-electron chi connectivity index (χ4n) is 2.12. The topological polar surface area (TPSA) is 99.4 Å². The predicted octanol–water partition coefficient (Wildman–Crippen LogP) is 4.07. The summed E-state index contributed by atoms with van der Waals surface area (Å²) < 4.78 is 23.6. The largest absolute Gasteiger partial charge is 0.497 e. The van der Waals surface area contributed by atoms with Gasteiger partial charge in [0.1, 0.15) is 23.6 Å². The van der Waals surface area contributed by atoms with Gasteiger partial charge in [0, 0.05) is 5.69 Å². The van der Waals surface area contributed by atoms with E-state index in [9.17, 15) is 14.5 Å². The smallest absolute Gasteiger partial charge is 0.373 e. The minimum atomic E-state index is -0.648. The summed E-state index contributed by atoms with van der Waals surface area (Å²) in [6, 6.07) is 11.8.